The van der Waals surface area contributed by atoms with Crippen molar-refractivity contribution >= 4 is 5.69 Å². The van der Waals surface area contributed by atoms with Gasteiger partial charge in [0.2, 0.25) is 11.7 Å². The van der Waals surface area contributed by atoms with Crippen molar-refractivity contribution in [2.75, 3.05) is 0 Å². The molecule has 1 heterocycles. The monoisotopic (exact) mass is 269 g/mol. The Balaban J connectivity index is 2.60. The van der Waals surface area contributed by atoms with Crippen LogP contribution in [0.5, 0.6) is 0 Å². The lowest BCUT2D eigenvalue weighted by atomic mass is 10.1. The maximum atomic E-state index is 13.9. The fraction of sp³-hybridized carbons (Fsp3) is 0.182. The summed E-state index contributed by atoms with van der Waals surface area (Å²) in [5.41, 5.74) is 4.04. The first-order valence-corrected chi connectivity index (χ1v) is 5.26. The minimum Gasteiger partial charge on any atom is -0.439 e. The molecule has 2 rings (SSSR count). The van der Waals surface area contributed by atoms with Crippen molar-refractivity contribution in [3.63, 3.8) is 0 Å². The number of hydrogen-bond acceptors (Lipinski definition) is 5. The fourth-order valence-electron chi connectivity index (χ4n) is 1.52. The molecule has 0 aliphatic carbocycles. The van der Waals surface area contributed by atoms with Crippen LogP contribution in [0.25, 0.3) is 11.3 Å². The largest absolute Gasteiger partial charge is 0.439 e. The Kier molecular flexibility index (Phi) is 3.26. The maximum absolute atomic E-state index is 13.9. The molecule has 0 aliphatic rings. The van der Waals surface area contributed by atoms with Gasteiger partial charge in [-0.05, 0) is 13.0 Å². The summed E-state index contributed by atoms with van der Waals surface area (Å²) in [7, 11) is 0. The highest BCUT2D eigenvalue weighted by molar-refractivity contribution is 5.62. The molecule has 1 aromatic heterocycles. The fourth-order valence-corrected chi connectivity index (χ4v) is 1.52. The number of aromatic nitrogens is 1. The Morgan fingerprint density at radius 1 is 1.47 bits per heavy atom. The van der Waals surface area contributed by atoms with E-state index in [1.807, 2.05) is 0 Å². The minimum atomic E-state index is -1.31. The van der Waals surface area contributed by atoms with Crippen molar-refractivity contribution in [1.29, 1.82) is 0 Å². The third kappa shape index (κ3) is 2.29. The molecule has 8 heteroatoms. The van der Waals surface area contributed by atoms with Crippen LogP contribution in [0.4, 0.5) is 14.5 Å². The van der Waals surface area contributed by atoms with Gasteiger partial charge in [0.15, 0.2) is 5.76 Å². The van der Waals surface area contributed by atoms with E-state index in [1.54, 1.807) is 6.92 Å². The van der Waals surface area contributed by atoms with Crippen LogP contribution in [0.2, 0.25) is 0 Å². The molecule has 19 heavy (non-hydrogen) atoms. The Bertz CT molecular complexity index is 640. The first-order valence-electron chi connectivity index (χ1n) is 5.26. The molecule has 100 valence electrons. The van der Waals surface area contributed by atoms with Gasteiger partial charge in [-0.15, -0.1) is 0 Å². The van der Waals surface area contributed by atoms with E-state index < -0.39 is 33.9 Å². The standard InChI is InChI=1S/C11H9F2N3O3/c1-5(14)11-15-4-8(19-11)9-6(12)2-3-7(10(9)13)16(17)18/h2-5H,14H2,1H3. The molecule has 0 radical (unpaired) electrons. The molecule has 0 spiro atoms. The number of halogens is 2. The lowest BCUT2D eigenvalue weighted by molar-refractivity contribution is -0.387. The zero-order valence-electron chi connectivity index (χ0n) is 9.76. The van der Waals surface area contributed by atoms with E-state index in [1.165, 1.54) is 0 Å². The van der Waals surface area contributed by atoms with Crippen molar-refractivity contribution in [2.45, 2.75) is 13.0 Å². The third-order valence-corrected chi connectivity index (χ3v) is 2.43. The zero-order valence-corrected chi connectivity index (χ0v) is 9.76. The predicted molar refractivity (Wildman–Crippen MR) is 61.1 cm³/mol. The number of benzene rings is 1. The van der Waals surface area contributed by atoms with E-state index in [2.05, 4.69) is 4.98 Å². The summed E-state index contributed by atoms with van der Waals surface area (Å²) in [6.45, 7) is 1.58. The summed E-state index contributed by atoms with van der Waals surface area (Å²) >= 11 is 0. The van der Waals surface area contributed by atoms with Gasteiger partial charge in [-0.3, -0.25) is 10.1 Å². The number of nitro groups is 1. The first-order chi connectivity index (χ1) is 8.91. The number of nitro benzene ring substituents is 1. The molecule has 6 nitrogen and oxygen atoms in total. The number of nitrogens with zero attached hydrogens (tertiary/aromatic N) is 2. The quantitative estimate of drug-likeness (QED) is 0.682. The van der Waals surface area contributed by atoms with E-state index in [0.29, 0.717) is 0 Å². The maximum Gasteiger partial charge on any atom is 0.305 e. The molecule has 0 saturated heterocycles. The molecule has 1 unspecified atom stereocenters. The van der Waals surface area contributed by atoms with Gasteiger partial charge < -0.3 is 10.2 Å². The van der Waals surface area contributed by atoms with Crippen molar-refractivity contribution in [3.8, 4) is 11.3 Å². The molecular formula is C11H9F2N3O3. The van der Waals surface area contributed by atoms with Crippen LogP contribution in [-0.2, 0) is 0 Å². The van der Waals surface area contributed by atoms with E-state index >= 15 is 0 Å². The van der Waals surface area contributed by atoms with Gasteiger partial charge in [-0.1, -0.05) is 0 Å². The van der Waals surface area contributed by atoms with Crippen LogP contribution in [-0.4, -0.2) is 9.91 Å². The lowest BCUT2D eigenvalue weighted by Gasteiger charge is -2.02. The summed E-state index contributed by atoms with van der Waals surface area (Å²) in [6.07, 6.45) is 1.07. The Hall–Kier alpha value is -2.35. The predicted octanol–water partition coefficient (Wildman–Crippen LogP) is 2.55. The molecule has 0 amide bonds. The van der Waals surface area contributed by atoms with E-state index in [9.17, 15) is 18.9 Å². The summed E-state index contributed by atoms with van der Waals surface area (Å²) in [5, 5.41) is 10.6. The van der Waals surface area contributed by atoms with Crippen LogP contribution in [0.3, 0.4) is 0 Å². The van der Waals surface area contributed by atoms with E-state index in [4.69, 9.17) is 10.2 Å². The number of oxazole rings is 1. The van der Waals surface area contributed by atoms with Gasteiger partial charge in [-0.2, -0.15) is 4.39 Å². The van der Waals surface area contributed by atoms with Crippen molar-refractivity contribution in [1.82, 2.24) is 4.98 Å². The SMILES string of the molecule is CC(N)c1ncc(-c2c(F)ccc([N+](=O)[O-])c2F)o1. The molecule has 2 aromatic rings. The lowest BCUT2D eigenvalue weighted by Crippen LogP contribution is -2.04. The number of hydrogen-bond donors (Lipinski definition) is 1. The van der Waals surface area contributed by atoms with Gasteiger partial charge >= 0.3 is 5.69 Å². The van der Waals surface area contributed by atoms with Crippen molar-refractivity contribution in [2.24, 2.45) is 5.73 Å². The average Bonchev–Trinajstić information content (AvgIpc) is 2.78. The molecule has 0 fully saturated rings. The second-order valence-electron chi connectivity index (χ2n) is 3.86. The highest BCUT2D eigenvalue weighted by Crippen LogP contribution is 2.32. The smallest absolute Gasteiger partial charge is 0.305 e. The molecule has 0 aliphatic heterocycles. The van der Waals surface area contributed by atoms with Crippen molar-refractivity contribution < 1.29 is 18.1 Å². The molecule has 1 atom stereocenters. The summed E-state index contributed by atoms with van der Waals surface area (Å²) in [5.74, 6) is -2.45. The Labute approximate surface area is 106 Å². The van der Waals surface area contributed by atoms with Crippen LogP contribution in [0, 0.1) is 21.7 Å². The van der Waals surface area contributed by atoms with E-state index in [0.717, 1.165) is 18.3 Å². The van der Waals surface area contributed by atoms with Gasteiger partial charge in [0.1, 0.15) is 5.82 Å². The van der Waals surface area contributed by atoms with Gasteiger partial charge in [-0.25, -0.2) is 9.37 Å². The first kappa shape index (κ1) is 13.1. The van der Waals surface area contributed by atoms with Crippen LogP contribution in [0.15, 0.2) is 22.7 Å². The normalized spacial score (nSPS) is 12.4. The molecule has 2 N–H and O–H groups in total. The van der Waals surface area contributed by atoms with Gasteiger partial charge in [0.25, 0.3) is 0 Å². The molecule has 0 saturated carbocycles. The second-order valence-corrected chi connectivity index (χ2v) is 3.86. The third-order valence-electron chi connectivity index (χ3n) is 2.43. The topological polar surface area (TPSA) is 95.2 Å². The number of nitrogens with two attached hydrogens (primary N) is 1. The van der Waals surface area contributed by atoms with Crippen LogP contribution < -0.4 is 5.73 Å². The minimum absolute atomic E-state index is 0.0836. The summed E-state index contributed by atoms with van der Waals surface area (Å²) < 4.78 is 32.6. The zero-order chi connectivity index (χ0) is 14.2. The highest BCUT2D eigenvalue weighted by Gasteiger charge is 2.25. The van der Waals surface area contributed by atoms with Crippen LogP contribution in [0.1, 0.15) is 18.9 Å². The van der Waals surface area contributed by atoms with Gasteiger partial charge in [0.05, 0.1) is 22.7 Å². The molecule has 1 aromatic carbocycles. The second kappa shape index (κ2) is 4.73. The van der Waals surface area contributed by atoms with Gasteiger partial charge in [0, 0.05) is 6.07 Å². The molecular weight excluding hydrogens is 260 g/mol. The van der Waals surface area contributed by atoms with Crippen molar-refractivity contribution in [3.05, 3.63) is 46.0 Å². The van der Waals surface area contributed by atoms with Crippen LogP contribution >= 0.6 is 0 Å². The summed E-state index contributed by atoms with van der Waals surface area (Å²) in [4.78, 5) is 13.4. The Morgan fingerprint density at radius 2 is 2.16 bits per heavy atom. The average molecular weight is 269 g/mol. The number of rotatable bonds is 3. The highest BCUT2D eigenvalue weighted by atomic mass is 19.1. The van der Waals surface area contributed by atoms with E-state index in [-0.39, 0.29) is 11.7 Å². The summed E-state index contributed by atoms with van der Waals surface area (Å²) in [6, 6.07) is 0.986. The molecule has 0 bridgehead atoms. The Morgan fingerprint density at radius 3 is 2.68 bits per heavy atom.